The van der Waals surface area contributed by atoms with Crippen molar-refractivity contribution >= 4 is 17.7 Å². The van der Waals surface area contributed by atoms with Gasteiger partial charge in [-0.3, -0.25) is 19.3 Å². The Labute approximate surface area is 113 Å². The maximum Gasteiger partial charge on any atom is 0.252 e. The van der Waals surface area contributed by atoms with Gasteiger partial charge in [0.2, 0.25) is 11.8 Å². The largest absolute Gasteiger partial charge is 0.332 e. The molecule has 0 radical (unpaired) electrons. The molecule has 0 unspecified atom stereocenters. The number of hydrogen-bond donors (Lipinski definition) is 0. The molecule has 0 N–H and O–H groups in total. The number of hydrogen-bond acceptors (Lipinski definition) is 3. The molecule has 0 aromatic rings. The summed E-state index contributed by atoms with van der Waals surface area (Å²) in [5, 5.41) is 0. The molecule has 1 heterocycles. The van der Waals surface area contributed by atoms with Crippen molar-refractivity contribution < 1.29 is 14.4 Å². The highest BCUT2D eigenvalue weighted by Gasteiger charge is 2.40. The fourth-order valence-corrected chi connectivity index (χ4v) is 3.11. The van der Waals surface area contributed by atoms with Crippen molar-refractivity contribution in [3.63, 3.8) is 0 Å². The summed E-state index contributed by atoms with van der Waals surface area (Å²) in [6, 6.07) is -0.451. The van der Waals surface area contributed by atoms with Crippen LogP contribution in [0.3, 0.4) is 0 Å². The molecule has 2 rings (SSSR count). The Hall–Kier alpha value is -1.39. The van der Waals surface area contributed by atoms with Crippen molar-refractivity contribution in [2.24, 2.45) is 5.92 Å². The first kappa shape index (κ1) is 14.0. The second kappa shape index (κ2) is 5.72. The lowest BCUT2D eigenvalue weighted by molar-refractivity contribution is -0.160. The van der Waals surface area contributed by atoms with E-state index in [1.807, 2.05) is 0 Å². The van der Waals surface area contributed by atoms with Gasteiger partial charge >= 0.3 is 0 Å². The van der Waals surface area contributed by atoms with Crippen LogP contribution in [0.15, 0.2) is 0 Å². The molecule has 1 aliphatic carbocycles. The highest BCUT2D eigenvalue weighted by atomic mass is 16.2. The molecule has 5 heteroatoms. The summed E-state index contributed by atoms with van der Waals surface area (Å²) in [4.78, 5) is 38.2. The molecule has 106 valence electrons. The molecule has 0 aromatic heterocycles. The van der Waals surface area contributed by atoms with E-state index in [2.05, 4.69) is 0 Å². The van der Waals surface area contributed by atoms with Crippen molar-refractivity contribution in [1.82, 2.24) is 9.80 Å². The zero-order valence-electron chi connectivity index (χ0n) is 11.7. The van der Waals surface area contributed by atoms with Gasteiger partial charge in [0.15, 0.2) is 0 Å². The van der Waals surface area contributed by atoms with E-state index in [9.17, 15) is 14.4 Å². The average Bonchev–Trinajstić information content (AvgIpc) is 2.40. The van der Waals surface area contributed by atoms with Gasteiger partial charge in [-0.05, 0) is 12.3 Å². The van der Waals surface area contributed by atoms with Gasteiger partial charge in [-0.1, -0.05) is 32.1 Å². The number of carbonyl (C=O) groups is 3. The monoisotopic (exact) mass is 266 g/mol. The first-order chi connectivity index (χ1) is 9.00. The molecule has 0 bridgehead atoms. The van der Waals surface area contributed by atoms with E-state index in [1.54, 1.807) is 7.05 Å². The van der Waals surface area contributed by atoms with Crippen LogP contribution >= 0.6 is 0 Å². The van der Waals surface area contributed by atoms with Crippen LogP contribution in [-0.4, -0.2) is 47.2 Å². The molecule has 0 aromatic carbocycles. The summed E-state index contributed by atoms with van der Waals surface area (Å²) in [5.74, 6) is -0.180. The Morgan fingerprint density at radius 2 is 1.84 bits per heavy atom. The Kier molecular flexibility index (Phi) is 4.22. The van der Waals surface area contributed by atoms with E-state index in [4.69, 9.17) is 0 Å². The lowest BCUT2D eigenvalue weighted by atomic mass is 9.84. The van der Waals surface area contributed by atoms with Gasteiger partial charge in [0, 0.05) is 14.0 Å². The first-order valence-corrected chi connectivity index (χ1v) is 7.08. The standard InChI is InChI=1S/C14H22N2O3/c1-10(17)16-9-13(18)15(2)12(14(16)19)8-11-6-4-3-5-7-11/h11-12H,3-9H2,1-2H3/t12-/m1/s1. The quantitative estimate of drug-likeness (QED) is 0.754. The fraction of sp³-hybridized carbons (Fsp3) is 0.786. The maximum absolute atomic E-state index is 12.3. The van der Waals surface area contributed by atoms with Crippen LogP contribution < -0.4 is 0 Å². The third-order valence-electron chi connectivity index (χ3n) is 4.37. The molecule has 3 amide bonds. The lowest BCUT2D eigenvalue weighted by Crippen LogP contribution is -2.60. The Morgan fingerprint density at radius 1 is 1.21 bits per heavy atom. The van der Waals surface area contributed by atoms with E-state index in [1.165, 1.54) is 31.1 Å². The zero-order chi connectivity index (χ0) is 14.0. The normalized spacial score (nSPS) is 25.9. The van der Waals surface area contributed by atoms with Crippen LogP contribution in [0.5, 0.6) is 0 Å². The average molecular weight is 266 g/mol. The minimum absolute atomic E-state index is 0.105. The van der Waals surface area contributed by atoms with Crippen molar-refractivity contribution in [3.8, 4) is 0 Å². The van der Waals surface area contributed by atoms with Crippen molar-refractivity contribution in [2.45, 2.75) is 51.5 Å². The Morgan fingerprint density at radius 3 is 2.42 bits per heavy atom. The molecule has 1 aliphatic heterocycles. The molecule has 1 saturated heterocycles. The third-order valence-corrected chi connectivity index (χ3v) is 4.37. The van der Waals surface area contributed by atoms with Crippen LogP contribution in [0.4, 0.5) is 0 Å². The molecule has 2 fully saturated rings. The van der Waals surface area contributed by atoms with E-state index < -0.39 is 6.04 Å². The predicted molar refractivity (Wildman–Crippen MR) is 70.1 cm³/mol. The van der Waals surface area contributed by atoms with E-state index in [-0.39, 0.29) is 24.3 Å². The first-order valence-electron chi connectivity index (χ1n) is 7.08. The topological polar surface area (TPSA) is 57.7 Å². The number of rotatable bonds is 2. The highest BCUT2D eigenvalue weighted by molar-refractivity contribution is 6.04. The van der Waals surface area contributed by atoms with Crippen LogP contribution in [0.1, 0.15) is 45.4 Å². The van der Waals surface area contributed by atoms with Gasteiger partial charge in [-0.15, -0.1) is 0 Å². The van der Waals surface area contributed by atoms with Crippen molar-refractivity contribution in [1.29, 1.82) is 0 Å². The second-order valence-electron chi connectivity index (χ2n) is 5.70. The zero-order valence-corrected chi connectivity index (χ0v) is 11.7. The third kappa shape index (κ3) is 2.96. The minimum Gasteiger partial charge on any atom is -0.332 e. The number of imide groups is 1. The van der Waals surface area contributed by atoms with Crippen molar-refractivity contribution in [2.75, 3.05) is 13.6 Å². The van der Waals surface area contributed by atoms with Crippen molar-refractivity contribution in [3.05, 3.63) is 0 Å². The number of piperazine rings is 1. The molecule has 5 nitrogen and oxygen atoms in total. The molecule has 0 spiro atoms. The van der Waals surface area contributed by atoms with Gasteiger partial charge in [-0.2, -0.15) is 0 Å². The Balaban J connectivity index is 2.08. The van der Waals surface area contributed by atoms with Crippen LogP contribution in [0, 0.1) is 5.92 Å². The van der Waals surface area contributed by atoms with E-state index in [0.717, 1.165) is 17.7 Å². The fourth-order valence-electron chi connectivity index (χ4n) is 3.11. The number of amides is 3. The number of nitrogens with zero attached hydrogens (tertiary/aromatic N) is 2. The number of likely N-dealkylation sites (N-methyl/N-ethyl adjacent to an activating group) is 1. The summed E-state index contributed by atoms with van der Waals surface area (Å²) in [7, 11) is 1.67. The smallest absolute Gasteiger partial charge is 0.252 e. The maximum atomic E-state index is 12.3. The molecular weight excluding hydrogens is 244 g/mol. The minimum atomic E-state index is -0.451. The Bertz CT molecular complexity index is 388. The van der Waals surface area contributed by atoms with Crippen LogP contribution in [0.25, 0.3) is 0 Å². The van der Waals surface area contributed by atoms with Gasteiger partial charge in [0.1, 0.15) is 12.6 Å². The SMILES string of the molecule is CC(=O)N1CC(=O)N(C)[C@H](CC2CCCCC2)C1=O. The predicted octanol–water partition coefficient (Wildman–Crippen LogP) is 1.17. The van der Waals surface area contributed by atoms with E-state index >= 15 is 0 Å². The molecule has 2 aliphatic rings. The lowest BCUT2D eigenvalue weighted by Gasteiger charge is -2.38. The summed E-state index contributed by atoms with van der Waals surface area (Å²) >= 11 is 0. The van der Waals surface area contributed by atoms with Gasteiger partial charge in [-0.25, -0.2) is 0 Å². The summed E-state index contributed by atoms with van der Waals surface area (Å²) in [6.45, 7) is 1.24. The van der Waals surface area contributed by atoms with Gasteiger partial charge in [0.05, 0.1) is 0 Å². The van der Waals surface area contributed by atoms with Crippen LogP contribution in [0.2, 0.25) is 0 Å². The molecule has 1 atom stereocenters. The second-order valence-corrected chi connectivity index (χ2v) is 5.70. The molecule has 19 heavy (non-hydrogen) atoms. The van der Waals surface area contributed by atoms with E-state index in [0.29, 0.717) is 12.3 Å². The van der Waals surface area contributed by atoms with Gasteiger partial charge < -0.3 is 4.90 Å². The molecule has 1 saturated carbocycles. The summed E-state index contributed by atoms with van der Waals surface area (Å²) in [5.41, 5.74) is 0. The summed E-state index contributed by atoms with van der Waals surface area (Å²) < 4.78 is 0. The molecular formula is C14H22N2O3. The highest BCUT2D eigenvalue weighted by Crippen LogP contribution is 2.29. The number of carbonyl (C=O) groups excluding carboxylic acids is 3. The van der Waals surface area contributed by atoms with Gasteiger partial charge in [0.25, 0.3) is 5.91 Å². The summed E-state index contributed by atoms with van der Waals surface area (Å²) in [6.07, 6.45) is 6.64. The van der Waals surface area contributed by atoms with Crippen LogP contribution in [-0.2, 0) is 14.4 Å².